The highest BCUT2D eigenvalue weighted by Crippen LogP contribution is 2.39. The van der Waals surface area contributed by atoms with Gasteiger partial charge in [0.15, 0.2) is 0 Å². The molecular formula is C28H39ClN4O4Si. The number of ether oxygens (including phenoxy) is 1. The number of aromatic nitrogens is 2. The number of hydrazine groups is 1. The number of halogens is 1. The van der Waals surface area contributed by atoms with Gasteiger partial charge in [-0.3, -0.25) is 25.6 Å². The molecule has 0 spiro atoms. The lowest BCUT2D eigenvalue weighted by Gasteiger charge is -2.43. The topological polar surface area (TPSA) is 111 Å². The van der Waals surface area contributed by atoms with Crippen LogP contribution in [0.5, 0.6) is 0 Å². The molecule has 2 heterocycles. The molecule has 2 aromatic carbocycles. The van der Waals surface area contributed by atoms with E-state index in [-0.39, 0.29) is 35.0 Å². The summed E-state index contributed by atoms with van der Waals surface area (Å²) < 4.78 is 15.1. The van der Waals surface area contributed by atoms with Gasteiger partial charge in [0, 0.05) is 18.3 Å². The van der Waals surface area contributed by atoms with Gasteiger partial charge >= 0.3 is 5.69 Å². The highest BCUT2D eigenvalue weighted by molar-refractivity contribution is 6.99. The summed E-state index contributed by atoms with van der Waals surface area (Å²) in [4.78, 5) is 26.9. The van der Waals surface area contributed by atoms with Crippen molar-refractivity contribution in [1.82, 2.24) is 15.0 Å². The first-order valence-corrected chi connectivity index (χ1v) is 14.7. The van der Waals surface area contributed by atoms with Crippen molar-refractivity contribution in [3.8, 4) is 0 Å². The highest BCUT2D eigenvalue weighted by atomic mass is 35.5. The lowest BCUT2D eigenvalue weighted by molar-refractivity contribution is -0.0299. The fraction of sp³-hybridized carbons (Fsp3) is 0.429. The molecule has 0 saturated carbocycles. The Labute approximate surface area is 231 Å². The van der Waals surface area contributed by atoms with Gasteiger partial charge in [-0.2, -0.15) is 0 Å². The SMILES string of the molecule is Cc1cn([C@H]2CC(CCNN)[C@@H](CO[Si](c3ccccc3)(c3ccccc3)C(C)(C)C)O2)c(=O)[nH]c1=O.Cl. The lowest BCUT2D eigenvalue weighted by atomic mass is 9.97. The Kier molecular flexibility index (Phi) is 9.91. The Morgan fingerprint density at radius 1 is 1.08 bits per heavy atom. The van der Waals surface area contributed by atoms with Crippen LogP contribution in [0.4, 0.5) is 0 Å². The molecule has 3 aromatic rings. The molecule has 1 aliphatic rings. The van der Waals surface area contributed by atoms with Crippen LogP contribution in [-0.2, 0) is 9.16 Å². The number of nitrogens with one attached hydrogen (secondary N) is 2. The Morgan fingerprint density at radius 2 is 1.66 bits per heavy atom. The summed E-state index contributed by atoms with van der Waals surface area (Å²) in [6.07, 6.45) is 2.26. The molecule has 1 aliphatic heterocycles. The van der Waals surface area contributed by atoms with Crippen LogP contribution in [-0.4, -0.2) is 37.1 Å². The van der Waals surface area contributed by atoms with Crippen LogP contribution >= 0.6 is 12.4 Å². The number of aryl methyl sites for hydroxylation is 1. The third-order valence-electron chi connectivity index (χ3n) is 7.36. The zero-order valence-electron chi connectivity index (χ0n) is 22.5. The molecular weight excluding hydrogens is 520 g/mol. The summed E-state index contributed by atoms with van der Waals surface area (Å²) in [6, 6.07) is 21.0. The molecule has 0 bridgehead atoms. The summed E-state index contributed by atoms with van der Waals surface area (Å²) >= 11 is 0. The van der Waals surface area contributed by atoms with E-state index in [1.807, 2.05) is 12.1 Å². The first kappa shape index (κ1) is 30.0. The summed E-state index contributed by atoms with van der Waals surface area (Å²) in [5.74, 6) is 5.72. The smallest absolute Gasteiger partial charge is 0.330 e. The van der Waals surface area contributed by atoms with Crippen LogP contribution in [0.25, 0.3) is 0 Å². The number of H-pyrrole nitrogens is 1. The Bertz CT molecular complexity index is 1250. The quantitative estimate of drug-likeness (QED) is 0.211. The minimum atomic E-state index is -2.74. The van der Waals surface area contributed by atoms with E-state index in [1.165, 1.54) is 14.9 Å². The average Bonchev–Trinajstić information content (AvgIpc) is 3.28. The van der Waals surface area contributed by atoms with Crippen molar-refractivity contribution < 1.29 is 9.16 Å². The van der Waals surface area contributed by atoms with Crippen LogP contribution in [0.2, 0.25) is 5.04 Å². The molecule has 38 heavy (non-hydrogen) atoms. The molecule has 1 aromatic heterocycles. The van der Waals surface area contributed by atoms with Gasteiger partial charge in [-0.05, 0) is 41.1 Å². The fourth-order valence-corrected chi connectivity index (χ4v) is 10.0. The Balaban J connectivity index is 0.00000400. The van der Waals surface area contributed by atoms with E-state index >= 15 is 0 Å². The van der Waals surface area contributed by atoms with E-state index in [0.29, 0.717) is 25.1 Å². The predicted octanol–water partition coefficient (Wildman–Crippen LogP) is 2.60. The van der Waals surface area contributed by atoms with Gasteiger partial charge in [-0.15, -0.1) is 12.4 Å². The molecule has 3 atom stereocenters. The molecule has 1 unspecified atom stereocenters. The number of nitrogens with zero attached hydrogens (tertiary/aromatic N) is 1. The monoisotopic (exact) mass is 558 g/mol. The van der Waals surface area contributed by atoms with E-state index in [2.05, 4.69) is 79.7 Å². The summed E-state index contributed by atoms with van der Waals surface area (Å²) in [5, 5.41) is 2.25. The Morgan fingerprint density at radius 3 is 2.18 bits per heavy atom. The average molecular weight is 559 g/mol. The van der Waals surface area contributed by atoms with E-state index in [9.17, 15) is 9.59 Å². The van der Waals surface area contributed by atoms with Crippen LogP contribution in [0, 0.1) is 12.8 Å². The fourth-order valence-electron chi connectivity index (χ4n) is 5.47. The van der Waals surface area contributed by atoms with Crippen molar-refractivity contribution in [2.75, 3.05) is 13.2 Å². The molecule has 0 amide bonds. The van der Waals surface area contributed by atoms with E-state index in [1.54, 1.807) is 13.1 Å². The van der Waals surface area contributed by atoms with Gasteiger partial charge in [0.1, 0.15) is 6.23 Å². The maximum absolute atomic E-state index is 12.6. The summed E-state index contributed by atoms with van der Waals surface area (Å²) in [5.41, 5.74) is 2.36. The molecule has 4 rings (SSSR count). The van der Waals surface area contributed by atoms with Gasteiger partial charge in [0.25, 0.3) is 13.9 Å². The predicted molar refractivity (Wildman–Crippen MR) is 156 cm³/mol. The first-order chi connectivity index (χ1) is 17.7. The number of hydrogen-bond acceptors (Lipinski definition) is 6. The summed E-state index contributed by atoms with van der Waals surface area (Å²) in [6.45, 7) is 9.43. The number of hydrogen-bond donors (Lipinski definition) is 3. The van der Waals surface area contributed by atoms with Crippen LogP contribution in [0.15, 0.2) is 76.4 Å². The van der Waals surface area contributed by atoms with Crippen LogP contribution < -0.4 is 32.9 Å². The van der Waals surface area contributed by atoms with Crippen LogP contribution in [0.3, 0.4) is 0 Å². The number of aromatic amines is 1. The number of rotatable bonds is 9. The van der Waals surface area contributed by atoms with Crippen LogP contribution in [0.1, 0.15) is 45.4 Å². The second-order valence-electron chi connectivity index (χ2n) is 10.8. The normalized spacial score (nSPS) is 19.8. The van der Waals surface area contributed by atoms with Crippen molar-refractivity contribution >= 4 is 31.1 Å². The second-order valence-corrected chi connectivity index (χ2v) is 15.1. The van der Waals surface area contributed by atoms with E-state index in [4.69, 9.17) is 15.0 Å². The Hall–Kier alpha value is -2.53. The molecule has 1 fully saturated rings. The van der Waals surface area contributed by atoms with Crippen molar-refractivity contribution in [2.45, 2.75) is 57.9 Å². The van der Waals surface area contributed by atoms with Gasteiger partial charge in [0.05, 0.1) is 12.7 Å². The molecule has 10 heteroatoms. The second kappa shape index (κ2) is 12.5. The van der Waals surface area contributed by atoms with Gasteiger partial charge in [0.2, 0.25) is 0 Å². The van der Waals surface area contributed by atoms with Crippen molar-refractivity contribution in [3.05, 3.63) is 93.3 Å². The lowest BCUT2D eigenvalue weighted by Crippen LogP contribution is -2.67. The third-order valence-corrected chi connectivity index (χ3v) is 12.4. The maximum atomic E-state index is 12.6. The number of benzene rings is 2. The van der Waals surface area contributed by atoms with Crippen molar-refractivity contribution in [3.63, 3.8) is 0 Å². The molecule has 206 valence electrons. The molecule has 0 radical (unpaired) electrons. The minimum Gasteiger partial charge on any atom is -0.405 e. The first-order valence-electron chi connectivity index (χ1n) is 12.8. The largest absolute Gasteiger partial charge is 0.405 e. The summed E-state index contributed by atoms with van der Waals surface area (Å²) in [7, 11) is -2.74. The molecule has 4 N–H and O–H groups in total. The zero-order valence-corrected chi connectivity index (χ0v) is 24.3. The minimum absolute atomic E-state index is 0. The van der Waals surface area contributed by atoms with Crippen molar-refractivity contribution in [1.29, 1.82) is 0 Å². The van der Waals surface area contributed by atoms with E-state index in [0.717, 1.165) is 6.42 Å². The third kappa shape index (κ3) is 6.03. The number of nitrogens with two attached hydrogens (primary N) is 1. The van der Waals surface area contributed by atoms with Gasteiger partial charge in [-0.1, -0.05) is 81.4 Å². The molecule has 1 saturated heterocycles. The van der Waals surface area contributed by atoms with Crippen molar-refractivity contribution in [2.24, 2.45) is 11.8 Å². The maximum Gasteiger partial charge on any atom is 0.330 e. The molecule has 8 nitrogen and oxygen atoms in total. The molecule has 0 aliphatic carbocycles. The van der Waals surface area contributed by atoms with Gasteiger partial charge in [-0.25, -0.2) is 4.79 Å². The van der Waals surface area contributed by atoms with Gasteiger partial charge < -0.3 is 9.16 Å². The highest BCUT2D eigenvalue weighted by Gasteiger charge is 2.51. The standard InChI is InChI=1S/C28H38N4O4Si.ClH/c1-20-18-32(27(34)31-26(20)33)25-17-21(15-16-30-29)24(36-25)19-35-37(28(2,3)4,22-11-7-5-8-12-22)23-13-9-6-10-14-23;/h5-14,18,21,24-25,30H,15-17,19,29H2,1-4H3,(H,31,33,34);1H/t21?,24-,25-;/m1./s1. The van der Waals surface area contributed by atoms with E-state index < -0.39 is 20.2 Å². The zero-order chi connectivity index (χ0) is 26.6.